The molecule has 0 bridgehead atoms. The zero-order chi connectivity index (χ0) is 9.68. The fraction of sp³-hybridized carbons (Fsp3) is 0.545. The molecule has 0 saturated heterocycles. The van der Waals surface area contributed by atoms with E-state index in [2.05, 4.69) is 25.8 Å². The first kappa shape index (κ1) is 10.2. The summed E-state index contributed by atoms with van der Waals surface area (Å²) in [7, 11) is 0. The van der Waals surface area contributed by atoms with E-state index < -0.39 is 0 Å². The SMILES string of the molecule is CC(C)C(C)OCc1ccccn1. The van der Waals surface area contributed by atoms with Crippen LogP contribution in [0.1, 0.15) is 26.5 Å². The second kappa shape index (κ2) is 4.97. The molecule has 2 heteroatoms. The molecular formula is C11H17NO. The van der Waals surface area contributed by atoms with Crippen LogP contribution in [0.3, 0.4) is 0 Å². The van der Waals surface area contributed by atoms with Crippen LogP contribution in [0.4, 0.5) is 0 Å². The zero-order valence-electron chi connectivity index (χ0n) is 8.53. The predicted molar refractivity (Wildman–Crippen MR) is 53.3 cm³/mol. The first-order valence-corrected chi connectivity index (χ1v) is 4.71. The maximum Gasteiger partial charge on any atom is 0.0891 e. The summed E-state index contributed by atoms with van der Waals surface area (Å²) in [6.45, 7) is 7.01. The molecule has 1 rings (SSSR count). The number of rotatable bonds is 4. The van der Waals surface area contributed by atoms with Crippen LogP contribution in [0.2, 0.25) is 0 Å². The molecule has 1 aromatic heterocycles. The Kier molecular flexibility index (Phi) is 3.90. The minimum atomic E-state index is 0.294. The Labute approximate surface area is 80.0 Å². The summed E-state index contributed by atoms with van der Waals surface area (Å²) in [5, 5.41) is 0. The van der Waals surface area contributed by atoms with E-state index in [9.17, 15) is 0 Å². The third kappa shape index (κ3) is 3.55. The summed E-state index contributed by atoms with van der Waals surface area (Å²) in [4.78, 5) is 4.19. The highest BCUT2D eigenvalue weighted by Gasteiger charge is 2.06. The van der Waals surface area contributed by atoms with E-state index in [0.29, 0.717) is 18.6 Å². The van der Waals surface area contributed by atoms with Crippen LogP contribution in [-0.4, -0.2) is 11.1 Å². The molecule has 2 nitrogen and oxygen atoms in total. The van der Waals surface area contributed by atoms with Gasteiger partial charge in [-0.1, -0.05) is 19.9 Å². The van der Waals surface area contributed by atoms with Gasteiger partial charge in [0.1, 0.15) is 0 Å². The van der Waals surface area contributed by atoms with Gasteiger partial charge in [-0.3, -0.25) is 4.98 Å². The second-order valence-corrected chi connectivity index (χ2v) is 3.58. The van der Waals surface area contributed by atoms with Gasteiger partial charge >= 0.3 is 0 Å². The van der Waals surface area contributed by atoms with Crippen LogP contribution in [-0.2, 0) is 11.3 Å². The third-order valence-corrected chi connectivity index (χ3v) is 2.16. The summed E-state index contributed by atoms with van der Waals surface area (Å²) in [5.41, 5.74) is 0.995. The molecule has 0 amide bonds. The second-order valence-electron chi connectivity index (χ2n) is 3.58. The maximum absolute atomic E-state index is 5.63. The Morgan fingerprint density at radius 2 is 2.08 bits per heavy atom. The molecule has 1 unspecified atom stereocenters. The molecule has 0 aliphatic carbocycles. The van der Waals surface area contributed by atoms with Crippen molar-refractivity contribution in [3.63, 3.8) is 0 Å². The highest BCUT2D eigenvalue weighted by molar-refractivity contribution is 5.01. The summed E-state index contributed by atoms with van der Waals surface area (Å²) in [5.74, 6) is 0.559. The molecule has 0 saturated carbocycles. The van der Waals surface area contributed by atoms with Gasteiger partial charge in [-0.15, -0.1) is 0 Å². The van der Waals surface area contributed by atoms with Gasteiger partial charge in [-0.25, -0.2) is 0 Å². The summed E-state index contributed by atoms with van der Waals surface area (Å²) >= 11 is 0. The molecule has 0 fully saturated rings. The molecule has 72 valence electrons. The topological polar surface area (TPSA) is 22.1 Å². The number of aromatic nitrogens is 1. The molecule has 0 spiro atoms. The summed E-state index contributed by atoms with van der Waals surface area (Å²) in [6.07, 6.45) is 2.08. The van der Waals surface area contributed by atoms with E-state index in [1.54, 1.807) is 6.20 Å². The smallest absolute Gasteiger partial charge is 0.0891 e. The van der Waals surface area contributed by atoms with E-state index in [1.165, 1.54) is 0 Å². The molecule has 13 heavy (non-hydrogen) atoms. The van der Waals surface area contributed by atoms with E-state index >= 15 is 0 Å². The van der Waals surface area contributed by atoms with Crippen molar-refractivity contribution in [1.29, 1.82) is 0 Å². The van der Waals surface area contributed by atoms with Crippen molar-refractivity contribution in [2.45, 2.75) is 33.5 Å². The van der Waals surface area contributed by atoms with E-state index in [1.807, 2.05) is 18.2 Å². The van der Waals surface area contributed by atoms with Crippen molar-refractivity contribution in [3.05, 3.63) is 30.1 Å². The molecule has 0 radical (unpaired) electrons. The first-order chi connectivity index (χ1) is 6.20. The van der Waals surface area contributed by atoms with Crippen molar-refractivity contribution in [2.24, 2.45) is 5.92 Å². The van der Waals surface area contributed by atoms with Gasteiger partial charge in [-0.05, 0) is 25.0 Å². The fourth-order valence-electron chi connectivity index (χ4n) is 0.893. The highest BCUT2D eigenvalue weighted by atomic mass is 16.5. The van der Waals surface area contributed by atoms with Gasteiger partial charge in [0.15, 0.2) is 0 Å². The van der Waals surface area contributed by atoms with Gasteiger partial charge in [0, 0.05) is 6.20 Å². The van der Waals surface area contributed by atoms with Gasteiger partial charge in [-0.2, -0.15) is 0 Å². The van der Waals surface area contributed by atoms with Gasteiger partial charge in [0.2, 0.25) is 0 Å². The van der Waals surface area contributed by atoms with Crippen LogP contribution in [0.5, 0.6) is 0 Å². The van der Waals surface area contributed by atoms with Crippen molar-refractivity contribution < 1.29 is 4.74 Å². The lowest BCUT2D eigenvalue weighted by atomic mass is 10.1. The average Bonchev–Trinajstić information content (AvgIpc) is 2.15. The fourth-order valence-corrected chi connectivity index (χ4v) is 0.893. The summed E-state index contributed by atoms with van der Waals surface area (Å²) < 4.78 is 5.63. The van der Waals surface area contributed by atoms with Crippen LogP contribution in [0, 0.1) is 5.92 Å². The lowest BCUT2D eigenvalue weighted by molar-refractivity contribution is 0.0218. The van der Waals surface area contributed by atoms with Crippen molar-refractivity contribution >= 4 is 0 Å². The largest absolute Gasteiger partial charge is 0.372 e. The standard InChI is InChI=1S/C11H17NO/c1-9(2)10(3)13-8-11-6-4-5-7-12-11/h4-7,9-10H,8H2,1-3H3. The average molecular weight is 179 g/mol. The molecule has 0 aromatic carbocycles. The van der Waals surface area contributed by atoms with E-state index in [4.69, 9.17) is 4.74 Å². The minimum absolute atomic E-state index is 0.294. The minimum Gasteiger partial charge on any atom is -0.372 e. The van der Waals surface area contributed by atoms with Crippen LogP contribution in [0.15, 0.2) is 24.4 Å². The monoisotopic (exact) mass is 179 g/mol. The molecule has 1 aromatic rings. The normalized spacial score (nSPS) is 13.2. The highest BCUT2D eigenvalue weighted by Crippen LogP contribution is 2.07. The number of ether oxygens (including phenoxy) is 1. The Bertz CT molecular complexity index is 233. The van der Waals surface area contributed by atoms with Gasteiger partial charge in [0.25, 0.3) is 0 Å². The van der Waals surface area contributed by atoms with Crippen molar-refractivity contribution in [2.75, 3.05) is 0 Å². The maximum atomic E-state index is 5.63. The molecule has 0 aliphatic rings. The van der Waals surface area contributed by atoms with Crippen LogP contribution < -0.4 is 0 Å². The quantitative estimate of drug-likeness (QED) is 0.709. The Morgan fingerprint density at radius 1 is 1.31 bits per heavy atom. The molecular weight excluding hydrogens is 162 g/mol. The van der Waals surface area contributed by atoms with Crippen molar-refractivity contribution in [3.8, 4) is 0 Å². The van der Waals surface area contributed by atoms with Crippen LogP contribution >= 0.6 is 0 Å². The van der Waals surface area contributed by atoms with Crippen molar-refractivity contribution in [1.82, 2.24) is 4.98 Å². The Balaban J connectivity index is 2.35. The zero-order valence-corrected chi connectivity index (χ0v) is 8.53. The molecule has 0 N–H and O–H groups in total. The first-order valence-electron chi connectivity index (χ1n) is 4.71. The lowest BCUT2D eigenvalue weighted by Gasteiger charge is -2.15. The Hall–Kier alpha value is -0.890. The van der Waals surface area contributed by atoms with E-state index in [-0.39, 0.29) is 0 Å². The van der Waals surface area contributed by atoms with Gasteiger partial charge < -0.3 is 4.74 Å². The number of pyridine rings is 1. The number of nitrogens with zero attached hydrogens (tertiary/aromatic N) is 1. The number of hydrogen-bond donors (Lipinski definition) is 0. The lowest BCUT2D eigenvalue weighted by Crippen LogP contribution is -2.15. The molecule has 1 heterocycles. The Morgan fingerprint density at radius 3 is 2.62 bits per heavy atom. The van der Waals surface area contributed by atoms with Crippen LogP contribution in [0.25, 0.3) is 0 Å². The number of hydrogen-bond acceptors (Lipinski definition) is 2. The molecule has 0 aliphatic heterocycles. The predicted octanol–water partition coefficient (Wildman–Crippen LogP) is 2.64. The molecule has 1 atom stereocenters. The van der Waals surface area contributed by atoms with E-state index in [0.717, 1.165) is 5.69 Å². The summed E-state index contributed by atoms with van der Waals surface area (Å²) in [6, 6.07) is 5.87. The van der Waals surface area contributed by atoms with Gasteiger partial charge in [0.05, 0.1) is 18.4 Å². The third-order valence-electron chi connectivity index (χ3n) is 2.16.